The Bertz CT molecular complexity index is 475. The van der Waals surface area contributed by atoms with Crippen LogP contribution in [0.25, 0.3) is 0 Å². The molecule has 0 radical (unpaired) electrons. The molecule has 1 aromatic rings. The van der Waals surface area contributed by atoms with Gasteiger partial charge in [0.25, 0.3) is 0 Å². The Balaban J connectivity index is 2.20. The number of aliphatic carboxylic acids is 1. The van der Waals surface area contributed by atoms with Gasteiger partial charge in [-0.3, -0.25) is 9.59 Å². The van der Waals surface area contributed by atoms with E-state index in [1.807, 2.05) is 24.3 Å². The van der Waals surface area contributed by atoms with Crippen LogP contribution in [-0.2, 0) is 16.0 Å². The van der Waals surface area contributed by atoms with Gasteiger partial charge < -0.3 is 10.0 Å². The SMILES string of the molecule is CN(CC(=O)O)C(=O)[C@@H]1SCCc2ccccc21. The van der Waals surface area contributed by atoms with E-state index in [0.29, 0.717) is 0 Å². The Morgan fingerprint density at radius 2 is 2.17 bits per heavy atom. The largest absolute Gasteiger partial charge is 0.480 e. The molecule has 0 bridgehead atoms. The third-order valence-electron chi connectivity index (χ3n) is 2.97. The summed E-state index contributed by atoms with van der Waals surface area (Å²) in [6.07, 6.45) is 0.966. The van der Waals surface area contributed by atoms with Gasteiger partial charge in [-0.15, -0.1) is 11.8 Å². The maximum Gasteiger partial charge on any atom is 0.323 e. The maximum atomic E-state index is 12.2. The van der Waals surface area contributed by atoms with Crippen molar-refractivity contribution in [3.63, 3.8) is 0 Å². The second-order valence-corrected chi connectivity index (χ2v) is 5.50. The molecule has 2 rings (SSSR count). The number of thioether (sulfide) groups is 1. The van der Waals surface area contributed by atoms with Crippen molar-refractivity contribution in [1.29, 1.82) is 0 Å². The molecule has 18 heavy (non-hydrogen) atoms. The third-order valence-corrected chi connectivity index (χ3v) is 4.20. The van der Waals surface area contributed by atoms with E-state index in [0.717, 1.165) is 17.7 Å². The lowest BCUT2D eigenvalue weighted by atomic mass is 10.0. The molecule has 4 nitrogen and oxygen atoms in total. The average Bonchev–Trinajstić information content (AvgIpc) is 2.36. The first kappa shape index (κ1) is 13.0. The number of aryl methyl sites for hydroxylation is 1. The van der Waals surface area contributed by atoms with Gasteiger partial charge in [0.15, 0.2) is 0 Å². The normalized spacial score (nSPS) is 17.9. The van der Waals surface area contributed by atoms with Crippen LogP contribution in [0.15, 0.2) is 24.3 Å². The van der Waals surface area contributed by atoms with E-state index in [1.54, 1.807) is 11.8 Å². The van der Waals surface area contributed by atoms with Crippen LogP contribution < -0.4 is 0 Å². The molecule has 1 amide bonds. The summed E-state index contributed by atoms with van der Waals surface area (Å²) in [5.41, 5.74) is 2.22. The number of benzene rings is 1. The molecule has 0 unspecified atom stereocenters. The Labute approximate surface area is 110 Å². The summed E-state index contributed by atoms with van der Waals surface area (Å²) in [6, 6.07) is 7.88. The molecule has 5 heteroatoms. The molecule has 0 fully saturated rings. The van der Waals surface area contributed by atoms with E-state index in [1.165, 1.54) is 17.5 Å². The lowest BCUT2D eigenvalue weighted by Gasteiger charge is -2.27. The minimum atomic E-state index is -0.986. The number of rotatable bonds is 3. The molecule has 0 aromatic heterocycles. The monoisotopic (exact) mass is 265 g/mol. The number of nitrogens with zero attached hydrogens (tertiary/aromatic N) is 1. The van der Waals surface area contributed by atoms with Gasteiger partial charge in [-0.1, -0.05) is 24.3 Å². The second-order valence-electron chi connectivity index (χ2n) is 4.29. The minimum absolute atomic E-state index is 0.130. The van der Waals surface area contributed by atoms with Crippen molar-refractivity contribution in [2.24, 2.45) is 0 Å². The first-order valence-corrected chi connectivity index (χ1v) is 6.80. The van der Waals surface area contributed by atoms with Crippen LogP contribution in [0, 0.1) is 0 Å². The van der Waals surface area contributed by atoms with Crippen LogP contribution in [0.2, 0.25) is 0 Å². The van der Waals surface area contributed by atoms with E-state index in [9.17, 15) is 9.59 Å². The van der Waals surface area contributed by atoms with E-state index in [2.05, 4.69) is 0 Å². The number of fused-ring (bicyclic) bond motifs is 1. The Morgan fingerprint density at radius 3 is 2.89 bits per heavy atom. The van der Waals surface area contributed by atoms with Gasteiger partial charge in [-0.25, -0.2) is 0 Å². The zero-order chi connectivity index (χ0) is 13.1. The summed E-state index contributed by atoms with van der Waals surface area (Å²) in [5, 5.41) is 8.46. The minimum Gasteiger partial charge on any atom is -0.480 e. The van der Waals surface area contributed by atoms with Gasteiger partial charge in [0.1, 0.15) is 11.8 Å². The average molecular weight is 265 g/mol. The number of likely N-dealkylation sites (N-methyl/N-ethyl adjacent to an activating group) is 1. The fourth-order valence-corrected chi connectivity index (χ4v) is 3.38. The molecule has 96 valence electrons. The van der Waals surface area contributed by atoms with Gasteiger partial charge in [-0.05, 0) is 23.3 Å². The molecule has 1 aromatic carbocycles. The van der Waals surface area contributed by atoms with Crippen molar-refractivity contribution < 1.29 is 14.7 Å². The summed E-state index contributed by atoms with van der Waals surface area (Å²) in [4.78, 5) is 24.2. The van der Waals surface area contributed by atoms with Crippen LogP contribution in [0.4, 0.5) is 0 Å². The zero-order valence-electron chi connectivity index (χ0n) is 10.1. The summed E-state index contributed by atoms with van der Waals surface area (Å²) in [6.45, 7) is -0.252. The van der Waals surface area contributed by atoms with Crippen LogP contribution in [0.5, 0.6) is 0 Å². The molecule has 0 spiro atoms. The van der Waals surface area contributed by atoms with Crippen molar-refractivity contribution >= 4 is 23.6 Å². The van der Waals surface area contributed by atoms with Crippen LogP contribution >= 0.6 is 11.8 Å². The fraction of sp³-hybridized carbons (Fsp3) is 0.385. The third kappa shape index (κ3) is 2.67. The second kappa shape index (κ2) is 5.44. The number of hydrogen-bond acceptors (Lipinski definition) is 3. The molecule has 1 N–H and O–H groups in total. The van der Waals surface area contributed by atoms with E-state index < -0.39 is 5.97 Å². The zero-order valence-corrected chi connectivity index (χ0v) is 10.9. The van der Waals surface area contributed by atoms with Crippen molar-refractivity contribution in [3.05, 3.63) is 35.4 Å². The molecule has 0 aliphatic carbocycles. The van der Waals surface area contributed by atoms with Crippen LogP contribution in [0.3, 0.4) is 0 Å². The number of amides is 1. The topological polar surface area (TPSA) is 57.6 Å². The Morgan fingerprint density at radius 1 is 1.44 bits per heavy atom. The fourth-order valence-electron chi connectivity index (χ4n) is 2.08. The first-order chi connectivity index (χ1) is 8.59. The van der Waals surface area contributed by atoms with Crippen molar-refractivity contribution in [3.8, 4) is 0 Å². The highest BCUT2D eigenvalue weighted by Crippen LogP contribution is 2.37. The number of hydrogen-bond donors (Lipinski definition) is 1. The molecule has 1 aliphatic heterocycles. The lowest BCUT2D eigenvalue weighted by molar-refractivity contribution is -0.143. The van der Waals surface area contributed by atoms with Gasteiger partial charge in [0.2, 0.25) is 5.91 Å². The van der Waals surface area contributed by atoms with E-state index in [-0.39, 0.29) is 17.7 Å². The number of carbonyl (C=O) groups is 2. The molecule has 1 heterocycles. The maximum absolute atomic E-state index is 12.2. The lowest BCUT2D eigenvalue weighted by Crippen LogP contribution is -2.35. The summed E-state index contributed by atoms with van der Waals surface area (Å²) in [5.74, 6) is -0.219. The number of carboxylic acids is 1. The standard InChI is InChI=1S/C13H15NO3S/c1-14(8-11(15)16)13(17)12-10-5-3-2-4-9(10)6-7-18-12/h2-5,12H,6-8H2,1H3,(H,15,16)/t12-/m1/s1. The molecular formula is C13H15NO3S. The van der Waals surface area contributed by atoms with Gasteiger partial charge in [0, 0.05) is 7.05 Å². The highest BCUT2D eigenvalue weighted by Gasteiger charge is 2.29. The summed E-state index contributed by atoms with van der Waals surface area (Å²) in [7, 11) is 1.54. The summed E-state index contributed by atoms with van der Waals surface area (Å²) >= 11 is 1.59. The first-order valence-electron chi connectivity index (χ1n) is 5.76. The van der Waals surface area contributed by atoms with Crippen molar-refractivity contribution in [2.75, 3.05) is 19.3 Å². The highest BCUT2D eigenvalue weighted by atomic mass is 32.2. The summed E-state index contributed by atoms with van der Waals surface area (Å²) < 4.78 is 0. The molecule has 0 saturated carbocycles. The molecule has 1 atom stereocenters. The quantitative estimate of drug-likeness (QED) is 0.901. The van der Waals surface area contributed by atoms with Gasteiger partial charge in [0.05, 0.1) is 0 Å². The molecule has 1 aliphatic rings. The van der Waals surface area contributed by atoms with Crippen LogP contribution in [0.1, 0.15) is 16.4 Å². The predicted octanol–water partition coefficient (Wildman–Crippen LogP) is 1.56. The van der Waals surface area contributed by atoms with Crippen LogP contribution in [-0.4, -0.2) is 41.2 Å². The number of carboxylic acid groups (broad SMARTS) is 1. The molecular weight excluding hydrogens is 250 g/mol. The van der Waals surface area contributed by atoms with Crippen molar-refractivity contribution in [1.82, 2.24) is 4.90 Å². The van der Waals surface area contributed by atoms with E-state index >= 15 is 0 Å². The molecule has 0 saturated heterocycles. The van der Waals surface area contributed by atoms with Crippen molar-refractivity contribution in [2.45, 2.75) is 11.7 Å². The van der Waals surface area contributed by atoms with E-state index in [4.69, 9.17) is 5.11 Å². The highest BCUT2D eigenvalue weighted by molar-refractivity contribution is 8.00. The Kier molecular flexibility index (Phi) is 3.91. The smallest absolute Gasteiger partial charge is 0.323 e. The van der Waals surface area contributed by atoms with Gasteiger partial charge in [-0.2, -0.15) is 0 Å². The number of carbonyl (C=O) groups excluding carboxylic acids is 1. The Hall–Kier alpha value is -1.49. The van der Waals surface area contributed by atoms with Gasteiger partial charge >= 0.3 is 5.97 Å². The predicted molar refractivity (Wildman–Crippen MR) is 70.6 cm³/mol.